The van der Waals surface area contributed by atoms with E-state index in [9.17, 15) is 33.6 Å². The smallest absolute Gasteiger partial charge is 0.414 e. The van der Waals surface area contributed by atoms with Crippen LogP contribution in [0.25, 0.3) is 0 Å². The zero-order valence-electron chi connectivity index (χ0n) is 34.5. The number of nitrogens with one attached hydrogen (secondary N) is 2. The number of benzene rings is 2. The largest absolute Gasteiger partial charge is 0.450 e. The van der Waals surface area contributed by atoms with Gasteiger partial charge >= 0.3 is 30.4 Å². The number of guanidine groups is 1. The Morgan fingerprint density at radius 3 is 1.67 bits per heavy atom. The summed E-state index contributed by atoms with van der Waals surface area (Å²) < 4.78 is 21.2. The number of nitrogens with zero attached hydrogens (tertiary/aromatic N) is 6. The summed E-state index contributed by atoms with van der Waals surface area (Å²) in [6.45, 7) is 8.54. The van der Waals surface area contributed by atoms with Crippen molar-refractivity contribution in [2.24, 2.45) is 10.9 Å². The maximum absolute atomic E-state index is 14.2. The van der Waals surface area contributed by atoms with Crippen LogP contribution in [-0.2, 0) is 41.8 Å². The topological polar surface area (TPSA) is 209 Å². The van der Waals surface area contributed by atoms with Crippen molar-refractivity contribution in [3.8, 4) is 0 Å². The minimum absolute atomic E-state index is 0.00369. The maximum Gasteiger partial charge on any atom is 0.414 e. The van der Waals surface area contributed by atoms with Gasteiger partial charge in [0.2, 0.25) is 17.8 Å². The van der Waals surface area contributed by atoms with E-state index in [1.807, 2.05) is 12.1 Å². The molecule has 5 rings (SSSR count). The maximum atomic E-state index is 14.2. The van der Waals surface area contributed by atoms with Crippen LogP contribution in [0.1, 0.15) is 51.7 Å². The number of β-lactam (4-membered cyclic amide) rings is 1. The monoisotopic (exact) mass is 834 g/mol. The van der Waals surface area contributed by atoms with E-state index in [2.05, 4.69) is 15.6 Å². The number of hydrogen-bond donors (Lipinski definition) is 2. The average molecular weight is 835 g/mol. The number of carbonyl (C=O) groups is 7. The van der Waals surface area contributed by atoms with Gasteiger partial charge in [-0.25, -0.2) is 24.0 Å². The lowest BCUT2D eigenvalue weighted by Gasteiger charge is -2.49. The fourth-order valence-electron chi connectivity index (χ4n) is 6.72. The highest BCUT2D eigenvalue weighted by molar-refractivity contribution is 6.09. The van der Waals surface area contributed by atoms with Crippen molar-refractivity contribution >= 4 is 48.2 Å². The number of rotatable bonds is 10. The Morgan fingerprint density at radius 1 is 0.683 bits per heavy atom. The highest BCUT2D eigenvalue weighted by Gasteiger charge is 2.56. The number of amides is 8. The van der Waals surface area contributed by atoms with Crippen LogP contribution in [0, 0.1) is 5.92 Å². The summed E-state index contributed by atoms with van der Waals surface area (Å²) in [4.78, 5) is 103. The molecule has 19 heteroatoms. The molecule has 2 aromatic carbocycles. The predicted molar refractivity (Wildman–Crippen MR) is 215 cm³/mol. The summed E-state index contributed by atoms with van der Waals surface area (Å²) in [5.74, 6) is -2.09. The molecule has 60 heavy (non-hydrogen) atoms. The summed E-state index contributed by atoms with van der Waals surface area (Å²) in [5, 5.41) is 4.86. The zero-order valence-corrected chi connectivity index (χ0v) is 34.5. The van der Waals surface area contributed by atoms with Gasteiger partial charge in [-0.2, -0.15) is 0 Å². The fourth-order valence-corrected chi connectivity index (χ4v) is 6.72. The second kappa shape index (κ2) is 21.0. The Balaban J connectivity index is 1.24. The SMILES string of the molecule is CCOC(=O)N1CCN(C(=O)N2C(=O)[C@H](CCCN=C(NC(=O)OCc3ccccc3)NC(=O)OCc3ccccc3)C2C(=O)N2CCN(C(=O)OC(C)(C)C)CC2)CC1. The first-order valence-corrected chi connectivity index (χ1v) is 20.0. The van der Waals surface area contributed by atoms with E-state index >= 15 is 0 Å². The predicted octanol–water partition coefficient (Wildman–Crippen LogP) is 3.78. The molecule has 8 amide bonds. The number of imide groups is 1. The quantitative estimate of drug-likeness (QED) is 0.116. The Morgan fingerprint density at radius 2 is 1.17 bits per heavy atom. The van der Waals surface area contributed by atoms with Gasteiger partial charge in [0, 0.05) is 58.9 Å². The van der Waals surface area contributed by atoms with Gasteiger partial charge in [0.05, 0.1) is 12.5 Å². The molecule has 3 aliphatic heterocycles. The fraction of sp³-hybridized carbons (Fsp3) is 0.512. The molecule has 0 aliphatic carbocycles. The molecule has 2 N–H and O–H groups in total. The van der Waals surface area contributed by atoms with Gasteiger partial charge in [0.1, 0.15) is 24.9 Å². The van der Waals surface area contributed by atoms with Crippen LogP contribution in [0.3, 0.4) is 0 Å². The van der Waals surface area contributed by atoms with Crippen LogP contribution in [0.15, 0.2) is 65.7 Å². The average Bonchev–Trinajstić information content (AvgIpc) is 3.23. The number of carbonyl (C=O) groups excluding carboxylic acids is 7. The van der Waals surface area contributed by atoms with E-state index in [0.29, 0.717) is 0 Å². The van der Waals surface area contributed by atoms with E-state index in [0.717, 1.165) is 16.0 Å². The second-order valence-corrected chi connectivity index (χ2v) is 15.3. The van der Waals surface area contributed by atoms with E-state index in [1.54, 1.807) is 76.2 Å². The Kier molecular flexibility index (Phi) is 15.7. The number of piperazine rings is 2. The lowest BCUT2D eigenvalue weighted by molar-refractivity contribution is -0.164. The molecule has 1 unspecified atom stereocenters. The van der Waals surface area contributed by atoms with Gasteiger partial charge in [-0.15, -0.1) is 0 Å². The highest BCUT2D eigenvalue weighted by atomic mass is 16.6. The lowest BCUT2D eigenvalue weighted by Crippen LogP contribution is -2.72. The van der Waals surface area contributed by atoms with Crippen molar-refractivity contribution in [1.29, 1.82) is 0 Å². The molecule has 0 spiro atoms. The van der Waals surface area contributed by atoms with Crippen LogP contribution in [-0.4, -0.2) is 150 Å². The van der Waals surface area contributed by atoms with Gasteiger partial charge in [0.25, 0.3) is 0 Å². The number of ether oxygens (including phenoxy) is 4. The van der Waals surface area contributed by atoms with E-state index in [-0.39, 0.29) is 97.5 Å². The number of likely N-dealkylation sites (tertiary alicyclic amines) is 1. The molecule has 0 saturated carbocycles. The number of hydrogen-bond acceptors (Lipinski definition) is 12. The molecule has 3 fully saturated rings. The lowest BCUT2D eigenvalue weighted by atomic mass is 9.82. The Hall–Kier alpha value is -6.40. The normalized spacial score (nSPS) is 17.8. The third-order valence-corrected chi connectivity index (χ3v) is 9.80. The summed E-state index contributed by atoms with van der Waals surface area (Å²) in [6.07, 6.45) is -2.40. The first-order valence-electron chi connectivity index (χ1n) is 20.0. The molecule has 0 bridgehead atoms. The van der Waals surface area contributed by atoms with Gasteiger partial charge in [-0.1, -0.05) is 60.7 Å². The molecule has 2 atom stereocenters. The summed E-state index contributed by atoms with van der Waals surface area (Å²) in [7, 11) is 0. The van der Waals surface area contributed by atoms with Crippen molar-refractivity contribution in [2.45, 2.75) is 65.4 Å². The molecule has 3 heterocycles. The summed E-state index contributed by atoms with van der Waals surface area (Å²) in [6, 6.07) is 16.2. The number of alkyl carbamates (subject to hydrolysis) is 2. The number of aliphatic imine (C=N–C) groups is 1. The van der Waals surface area contributed by atoms with Crippen LogP contribution in [0.2, 0.25) is 0 Å². The van der Waals surface area contributed by atoms with E-state index < -0.39 is 59.8 Å². The summed E-state index contributed by atoms with van der Waals surface area (Å²) >= 11 is 0. The van der Waals surface area contributed by atoms with Gasteiger partial charge in [-0.05, 0) is 51.7 Å². The van der Waals surface area contributed by atoms with Gasteiger partial charge in [-0.3, -0.25) is 30.1 Å². The minimum Gasteiger partial charge on any atom is -0.450 e. The third kappa shape index (κ3) is 12.6. The molecule has 3 saturated heterocycles. The minimum atomic E-state index is -1.12. The Labute approximate surface area is 348 Å². The molecule has 0 radical (unpaired) electrons. The van der Waals surface area contributed by atoms with Gasteiger partial charge < -0.3 is 38.5 Å². The van der Waals surface area contributed by atoms with Crippen LogP contribution in [0.4, 0.5) is 24.0 Å². The Bertz CT molecular complexity index is 1800. The van der Waals surface area contributed by atoms with Crippen LogP contribution < -0.4 is 10.6 Å². The van der Waals surface area contributed by atoms with Crippen molar-refractivity contribution in [3.05, 3.63) is 71.8 Å². The molecular formula is C41H54N8O11. The van der Waals surface area contributed by atoms with Gasteiger partial charge in [0.15, 0.2) is 0 Å². The van der Waals surface area contributed by atoms with Crippen LogP contribution in [0.5, 0.6) is 0 Å². The van der Waals surface area contributed by atoms with Crippen molar-refractivity contribution in [1.82, 2.24) is 35.1 Å². The molecule has 2 aromatic rings. The van der Waals surface area contributed by atoms with Crippen LogP contribution >= 0.6 is 0 Å². The highest BCUT2D eigenvalue weighted by Crippen LogP contribution is 2.34. The molecule has 324 valence electrons. The second-order valence-electron chi connectivity index (χ2n) is 15.3. The van der Waals surface area contributed by atoms with Crippen molar-refractivity contribution < 1.29 is 52.5 Å². The molecule has 3 aliphatic rings. The van der Waals surface area contributed by atoms with E-state index in [1.165, 1.54) is 19.6 Å². The molecule has 0 aromatic heterocycles. The first-order chi connectivity index (χ1) is 28.7. The van der Waals surface area contributed by atoms with E-state index in [4.69, 9.17) is 18.9 Å². The summed E-state index contributed by atoms with van der Waals surface area (Å²) in [5.41, 5.74) is 0.791. The third-order valence-electron chi connectivity index (χ3n) is 9.80. The van der Waals surface area contributed by atoms with Crippen molar-refractivity contribution in [3.63, 3.8) is 0 Å². The van der Waals surface area contributed by atoms with Crippen molar-refractivity contribution in [2.75, 3.05) is 65.5 Å². The molecule has 19 nitrogen and oxygen atoms in total. The zero-order chi connectivity index (χ0) is 43.2. The number of urea groups is 1. The first kappa shape index (κ1) is 44.7. The standard InChI is InChI=1S/C41H54N8O11/c1-5-57-39(55)47-25-21-46(22-26-47)38(54)49-32(34(51)45-19-23-48(24-20-45)40(56)60-41(2,3)4)31(33(49)50)17-12-18-42-35(43-36(52)58-27-29-13-8-6-9-14-29)44-37(53)59-28-30-15-10-7-11-16-30/h6-11,13-16,31-32H,5,12,17-28H2,1-4H3,(H2,42,43,44,52,53)/t31-,32?/m1/s1. The molecular weight excluding hydrogens is 780 g/mol.